The molecule has 1 aliphatic rings. The standard InChI is InChI=1S/C14H11ClF2N4O/c15-13-8(3-4-18-21-13)14(22)20-12-6-10(17)9(16)5-11(12)19-7-1-2-7/h3-7,19H,1-2H2,(H,20,22). The van der Waals surface area contributed by atoms with E-state index >= 15 is 0 Å². The molecule has 0 aliphatic heterocycles. The average Bonchev–Trinajstić information content (AvgIpc) is 3.28. The summed E-state index contributed by atoms with van der Waals surface area (Å²) in [6.45, 7) is 0. The maximum Gasteiger partial charge on any atom is 0.258 e. The van der Waals surface area contributed by atoms with E-state index in [0.717, 1.165) is 25.0 Å². The van der Waals surface area contributed by atoms with E-state index in [-0.39, 0.29) is 22.4 Å². The second kappa shape index (κ2) is 5.84. The Bertz CT molecular complexity index is 737. The van der Waals surface area contributed by atoms with Gasteiger partial charge in [-0.1, -0.05) is 11.6 Å². The van der Waals surface area contributed by atoms with Crippen LogP contribution in [-0.2, 0) is 0 Å². The second-order valence-corrected chi connectivity index (χ2v) is 5.28. The molecule has 22 heavy (non-hydrogen) atoms. The molecular formula is C14H11ClF2N4O. The number of carbonyl (C=O) groups excluding carboxylic acids is 1. The minimum atomic E-state index is -1.05. The van der Waals surface area contributed by atoms with Gasteiger partial charge in [-0.3, -0.25) is 4.79 Å². The van der Waals surface area contributed by atoms with E-state index in [1.165, 1.54) is 12.3 Å². The van der Waals surface area contributed by atoms with Crippen molar-refractivity contribution in [3.05, 3.63) is 46.7 Å². The SMILES string of the molecule is O=C(Nc1cc(F)c(F)cc1NC1CC1)c1ccnnc1Cl. The van der Waals surface area contributed by atoms with E-state index in [1.54, 1.807) is 0 Å². The van der Waals surface area contributed by atoms with Crippen LogP contribution in [-0.4, -0.2) is 22.1 Å². The Hall–Kier alpha value is -2.28. The lowest BCUT2D eigenvalue weighted by Gasteiger charge is -2.13. The zero-order valence-corrected chi connectivity index (χ0v) is 12.0. The van der Waals surface area contributed by atoms with Gasteiger partial charge >= 0.3 is 0 Å². The van der Waals surface area contributed by atoms with Crippen molar-refractivity contribution >= 4 is 28.9 Å². The topological polar surface area (TPSA) is 66.9 Å². The number of benzene rings is 1. The van der Waals surface area contributed by atoms with Crippen molar-refractivity contribution in [1.82, 2.24) is 10.2 Å². The first-order valence-corrected chi connectivity index (χ1v) is 6.96. The van der Waals surface area contributed by atoms with Crippen LogP contribution in [0.4, 0.5) is 20.2 Å². The van der Waals surface area contributed by atoms with Crippen LogP contribution < -0.4 is 10.6 Å². The summed E-state index contributed by atoms with van der Waals surface area (Å²) in [6.07, 6.45) is 3.22. The maximum atomic E-state index is 13.4. The number of aromatic nitrogens is 2. The fourth-order valence-corrected chi connectivity index (χ4v) is 2.08. The molecule has 3 rings (SSSR count). The van der Waals surface area contributed by atoms with Crippen LogP contribution in [0.5, 0.6) is 0 Å². The van der Waals surface area contributed by atoms with Crippen molar-refractivity contribution in [3.63, 3.8) is 0 Å². The Labute approximate surface area is 129 Å². The maximum absolute atomic E-state index is 13.4. The molecule has 1 amide bonds. The molecule has 1 heterocycles. The van der Waals surface area contributed by atoms with Crippen molar-refractivity contribution in [1.29, 1.82) is 0 Å². The average molecular weight is 325 g/mol. The summed E-state index contributed by atoms with van der Waals surface area (Å²) in [5.74, 6) is -2.61. The minimum absolute atomic E-state index is 0.0701. The highest BCUT2D eigenvalue weighted by Gasteiger charge is 2.24. The van der Waals surface area contributed by atoms with E-state index in [9.17, 15) is 13.6 Å². The summed E-state index contributed by atoms with van der Waals surface area (Å²) >= 11 is 5.79. The largest absolute Gasteiger partial charge is 0.381 e. The molecule has 5 nitrogen and oxygen atoms in total. The summed E-state index contributed by atoms with van der Waals surface area (Å²) in [6, 6.07) is 3.56. The molecule has 0 spiro atoms. The molecule has 0 bridgehead atoms. The van der Waals surface area contributed by atoms with Crippen molar-refractivity contribution < 1.29 is 13.6 Å². The first-order chi connectivity index (χ1) is 10.5. The number of nitrogens with one attached hydrogen (secondary N) is 2. The molecule has 0 unspecified atom stereocenters. The number of rotatable bonds is 4. The van der Waals surface area contributed by atoms with Gasteiger partial charge in [-0.2, -0.15) is 5.10 Å². The fourth-order valence-electron chi connectivity index (χ4n) is 1.89. The van der Waals surface area contributed by atoms with E-state index in [2.05, 4.69) is 20.8 Å². The molecule has 0 radical (unpaired) electrons. The van der Waals surface area contributed by atoms with Gasteiger partial charge in [-0.05, 0) is 18.9 Å². The van der Waals surface area contributed by atoms with Gasteiger partial charge in [-0.25, -0.2) is 8.78 Å². The fraction of sp³-hybridized carbons (Fsp3) is 0.214. The highest BCUT2D eigenvalue weighted by molar-refractivity contribution is 6.33. The van der Waals surface area contributed by atoms with Gasteiger partial charge in [0.05, 0.1) is 23.1 Å². The van der Waals surface area contributed by atoms with Crippen molar-refractivity contribution in [2.45, 2.75) is 18.9 Å². The van der Waals surface area contributed by atoms with E-state index in [0.29, 0.717) is 5.69 Å². The first kappa shape index (κ1) is 14.6. The van der Waals surface area contributed by atoms with Crippen LogP contribution in [0.15, 0.2) is 24.4 Å². The van der Waals surface area contributed by atoms with Crippen LogP contribution >= 0.6 is 11.6 Å². The smallest absolute Gasteiger partial charge is 0.258 e. The van der Waals surface area contributed by atoms with Crippen LogP contribution in [0.3, 0.4) is 0 Å². The molecule has 1 aromatic heterocycles. The number of carbonyl (C=O) groups is 1. The molecule has 1 aromatic carbocycles. The second-order valence-electron chi connectivity index (χ2n) is 4.92. The third-order valence-electron chi connectivity index (χ3n) is 3.17. The Morgan fingerprint density at radius 2 is 1.91 bits per heavy atom. The Morgan fingerprint density at radius 1 is 1.23 bits per heavy atom. The highest BCUT2D eigenvalue weighted by atomic mass is 35.5. The molecule has 2 aromatic rings. The van der Waals surface area contributed by atoms with Gasteiger partial charge in [0.1, 0.15) is 0 Å². The summed E-state index contributed by atoms with van der Waals surface area (Å²) in [4.78, 5) is 12.2. The number of halogens is 3. The number of hydrogen-bond donors (Lipinski definition) is 2. The summed E-state index contributed by atoms with van der Waals surface area (Å²) < 4.78 is 26.8. The van der Waals surface area contributed by atoms with Gasteiger partial charge in [0.25, 0.3) is 5.91 Å². The highest BCUT2D eigenvalue weighted by Crippen LogP contribution is 2.31. The molecule has 0 atom stereocenters. The van der Waals surface area contributed by atoms with Crippen LogP contribution in [0.1, 0.15) is 23.2 Å². The van der Waals surface area contributed by atoms with Gasteiger partial charge in [0.15, 0.2) is 16.8 Å². The quantitative estimate of drug-likeness (QED) is 0.906. The van der Waals surface area contributed by atoms with Crippen molar-refractivity contribution in [2.75, 3.05) is 10.6 Å². The normalized spacial score (nSPS) is 13.8. The van der Waals surface area contributed by atoms with Crippen LogP contribution in [0.25, 0.3) is 0 Å². The van der Waals surface area contributed by atoms with E-state index in [4.69, 9.17) is 11.6 Å². The number of amides is 1. The number of nitrogens with zero attached hydrogens (tertiary/aromatic N) is 2. The third-order valence-corrected chi connectivity index (χ3v) is 3.45. The zero-order valence-electron chi connectivity index (χ0n) is 11.2. The van der Waals surface area contributed by atoms with E-state index in [1.807, 2.05) is 0 Å². The molecular weight excluding hydrogens is 314 g/mol. The minimum Gasteiger partial charge on any atom is -0.381 e. The zero-order chi connectivity index (χ0) is 15.7. The lowest BCUT2D eigenvalue weighted by molar-refractivity contribution is 0.102. The van der Waals surface area contributed by atoms with Gasteiger partial charge in [0, 0.05) is 18.2 Å². The number of anilines is 2. The summed E-state index contributed by atoms with van der Waals surface area (Å²) in [7, 11) is 0. The molecule has 1 aliphatic carbocycles. The summed E-state index contributed by atoms with van der Waals surface area (Å²) in [5.41, 5.74) is 0.565. The van der Waals surface area contributed by atoms with Crippen molar-refractivity contribution in [3.8, 4) is 0 Å². The van der Waals surface area contributed by atoms with Gasteiger partial charge in [0.2, 0.25) is 0 Å². The molecule has 2 N–H and O–H groups in total. The summed E-state index contributed by atoms with van der Waals surface area (Å²) in [5, 5.41) is 12.6. The predicted octanol–water partition coefficient (Wildman–Crippen LogP) is 3.23. The first-order valence-electron chi connectivity index (χ1n) is 6.58. The third kappa shape index (κ3) is 3.14. The molecule has 114 valence electrons. The number of hydrogen-bond acceptors (Lipinski definition) is 4. The predicted molar refractivity (Wildman–Crippen MR) is 78.0 cm³/mol. The van der Waals surface area contributed by atoms with Crippen molar-refractivity contribution in [2.24, 2.45) is 0 Å². The molecule has 8 heteroatoms. The lowest BCUT2D eigenvalue weighted by atomic mass is 10.2. The monoisotopic (exact) mass is 324 g/mol. The Kier molecular flexibility index (Phi) is 3.89. The molecule has 1 saturated carbocycles. The van der Waals surface area contributed by atoms with Crippen LogP contribution in [0, 0.1) is 11.6 Å². The van der Waals surface area contributed by atoms with Crippen LogP contribution in [0.2, 0.25) is 5.15 Å². The van der Waals surface area contributed by atoms with E-state index < -0.39 is 17.5 Å². The Balaban J connectivity index is 1.88. The van der Waals surface area contributed by atoms with Gasteiger partial charge < -0.3 is 10.6 Å². The lowest BCUT2D eigenvalue weighted by Crippen LogP contribution is -2.16. The molecule has 0 saturated heterocycles. The molecule has 1 fully saturated rings. The van der Waals surface area contributed by atoms with Gasteiger partial charge in [-0.15, -0.1) is 5.10 Å². The Morgan fingerprint density at radius 3 is 2.55 bits per heavy atom.